The summed E-state index contributed by atoms with van der Waals surface area (Å²) in [5.74, 6) is 3.32. The van der Waals surface area contributed by atoms with Gasteiger partial charge in [0.25, 0.3) is 0 Å². The fourth-order valence-electron chi connectivity index (χ4n) is 1.92. The second-order valence-corrected chi connectivity index (χ2v) is 12.9. The molecule has 110 valence electrons. The molecule has 0 unspecified atom stereocenters. The predicted molar refractivity (Wildman–Crippen MR) is 92.5 cm³/mol. The van der Waals surface area contributed by atoms with Crippen LogP contribution in [0.5, 0.6) is 0 Å². The molecule has 21 heavy (non-hydrogen) atoms. The Morgan fingerprint density at radius 1 is 1.00 bits per heavy atom. The van der Waals surface area contributed by atoms with E-state index in [0.717, 1.165) is 9.75 Å². The smallest absolute Gasteiger partial charge is 0.193 e. The highest BCUT2D eigenvalue weighted by Crippen LogP contribution is 2.37. The molecule has 1 aliphatic heterocycles. The number of hydrogen-bond donors (Lipinski definition) is 0. The van der Waals surface area contributed by atoms with Crippen LogP contribution in [-0.2, 0) is 9.47 Å². The van der Waals surface area contributed by atoms with Gasteiger partial charge in [-0.25, -0.2) is 0 Å². The number of rotatable bonds is 2. The van der Waals surface area contributed by atoms with Gasteiger partial charge in [-0.3, -0.25) is 0 Å². The van der Waals surface area contributed by atoms with E-state index < -0.39 is 8.07 Å². The summed E-state index contributed by atoms with van der Waals surface area (Å²) in [5, 5.41) is 0. The van der Waals surface area contributed by atoms with Gasteiger partial charge in [-0.15, -0.1) is 28.2 Å². The molecule has 0 amide bonds. The van der Waals surface area contributed by atoms with E-state index in [2.05, 4.69) is 55.4 Å². The second-order valence-electron chi connectivity index (χ2n) is 5.94. The van der Waals surface area contributed by atoms with Crippen LogP contribution < -0.4 is 0 Å². The molecule has 0 N–H and O–H groups in total. The Morgan fingerprint density at radius 3 is 2.38 bits per heavy atom. The molecule has 1 aliphatic rings. The molecule has 0 spiro atoms. The molecule has 5 heteroatoms. The minimum atomic E-state index is -1.31. The number of hydrogen-bond acceptors (Lipinski definition) is 4. The Balaban J connectivity index is 1.78. The lowest BCUT2D eigenvalue weighted by atomic mass is 10.3. The van der Waals surface area contributed by atoms with Crippen LogP contribution in [0.4, 0.5) is 0 Å². The zero-order valence-electron chi connectivity index (χ0n) is 12.4. The van der Waals surface area contributed by atoms with Crippen molar-refractivity contribution >= 4 is 30.7 Å². The van der Waals surface area contributed by atoms with E-state index in [1.54, 1.807) is 22.7 Å². The van der Waals surface area contributed by atoms with Gasteiger partial charge in [0.2, 0.25) is 0 Å². The van der Waals surface area contributed by atoms with Crippen molar-refractivity contribution in [2.24, 2.45) is 0 Å². The van der Waals surface area contributed by atoms with E-state index in [1.807, 2.05) is 0 Å². The summed E-state index contributed by atoms with van der Waals surface area (Å²) in [6.45, 7) is 8.17. The third-order valence-corrected chi connectivity index (χ3v) is 6.07. The van der Waals surface area contributed by atoms with E-state index in [9.17, 15) is 0 Å². The largest absolute Gasteiger partial charge is 0.345 e. The van der Waals surface area contributed by atoms with E-state index in [1.165, 1.54) is 9.75 Å². The molecule has 0 aromatic carbocycles. The molecule has 2 aromatic heterocycles. The Morgan fingerprint density at radius 2 is 1.67 bits per heavy atom. The average Bonchev–Trinajstić information content (AvgIpc) is 3.15. The van der Waals surface area contributed by atoms with Crippen LogP contribution in [0.15, 0.2) is 24.3 Å². The molecule has 1 fully saturated rings. The quantitative estimate of drug-likeness (QED) is 0.583. The van der Waals surface area contributed by atoms with E-state index >= 15 is 0 Å². The highest BCUT2D eigenvalue weighted by atomic mass is 32.1. The van der Waals surface area contributed by atoms with Crippen LogP contribution in [0.2, 0.25) is 19.6 Å². The van der Waals surface area contributed by atoms with Crippen molar-refractivity contribution in [2.75, 3.05) is 13.2 Å². The number of ether oxygens (including phenoxy) is 2. The molecule has 3 rings (SSSR count). The minimum Gasteiger partial charge on any atom is -0.345 e. The monoisotopic (exact) mass is 334 g/mol. The molecule has 1 saturated heterocycles. The molecule has 2 aromatic rings. The van der Waals surface area contributed by atoms with Crippen molar-refractivity contribution < 1.29 is 9.47 Å². The van der Waals surface area contributed by atoms with E-state index in [-0.39, 0.29) is 6.29 Å². The first kappa shape index (κ1) is 15.0. The molecule has 0 saturated carbocycles. The lowest BCUT2D eigenvalue weighted by Gasteiger charge is -2.04. The van der Waals surface area contributed by atoms with E-state index in [4.69, 9.17) is 9.47 Å². The van der Waals surface area contributed by atoms with Gasteiger partial charge in [-0.1, -0.05) is 25.6 Å². The van der Waals surface area contributed by atoms with Gasteiger partial charge in [0.15, 0.2) is 6.29 Å². The van der Waals surface area contributed by atoms with Gasteiger partial charge in [0.1, 0.15) is 8.07 Å². The average molecular weight is 335 g/mol. The van der Waals surface area contributed by atoms with E-state index in [0.29, 0.717) is 13.2 Å². The molecule has 0 aliphatic carbocycles. The molecular formula is C16H18O2S2Si. The maximum atomic E-state index is 5.54. The van der Waals surface area contributed by atoms with Gasteiger partial charge in [0, 0.05) is 9.75 Å². The molecular weight excluding hydrogens is 316 g/mol. The summed E-state index contributed by atoms with van der Waals surface area (Å²) in [6, 6.07) is 8.52. The van der Waals surface area contributed by atoms with Crippen LogP contribution in [0.25, 0.3) is 9.75 Å². The summed E-state index contributed by atoms with van der Waals surface area (Å²) < 4.78 is 11.1. The predicted octanol–water partition coefficient (Wildman–Crippen LogP) is 4.75. The lowest BCUT2D eigenvalue weighted by Crippen LogP contribution is -2.16. The lowest BCUT2D eigenvalue weighted by molar-refractivity contribution is -0.0413. The first-order valence-corrected chi connectivity index (χ1v) is 12.1. The van der Waals surface area contributed by atoms with Gasteiger partial charge in [0.05, 0.1) is 23.0 Å². The maximum Gasteiger partial charge on any atom is 0.193 e. The fraction of sp³-hybridized carbons (Fsp3) is 0.375. The standard InChI is InChI=1S/C16H18O2S2Si/c1-21(2,3)11-8-12-4-5-13(19-12)14-6-7-15(20-14)16-17-9-10-18-16/h4-7,16H,9-10H2,1-3H3. The topological polar surface area (TPSA) is 18.5 Å². The molecule has 3 heterocycles. The van der Waals surface area contributed by atoms with Crippen molar-refractivity contribution in [1.29, 1.82) is 0 Å². The maximum absolute atomic E-state index is 5.54. The van der Waals surface area contributed by atoms with Crippen molar-refractivity contribution in [1.82, 2.24) is 0 Å². The summed E-state index contributed by atoms with van der Waals surface area (Å²) in [5.41, 5.74) is 3.42. The summed E-state index contributed by atoms with van der Waals surface area (Å²) in [6.07, 6.45) is -0.171. The summed E-state index contributed by atoms with van der Waals surface area (Å²) >= 11 is 3.50. The Bertz CT molecular complexity index is 679. The Kier molecular flexibility index (Phi) is 4.34. The first-order chi connectivity index (χ1) is 10.0. The molecule has 0 bridgehead atoms. The number of thiophene rings is 2. The van der Waals surface area contributed by atoms with Crippen LogP contribution in [-0.4, -0.2) is 21.3 Å². The molecule has 0 atom stereocenters. The van der Waals surface area contributed by atoms with Crippen LogP contribution in [0, 0.1) is 11.5 Å². The van der Waals surface area contributed by atoms with Crippen LogP contribution in [0.1, 0.15) is 16.0 Å². The summed E-state index contributed by atoms with van der Waals surface area (Å²) in [4.78, 5) is 4.82. The fourth-order valence-corrected chi connectivity index (χ4v) is 4.48. The minimum absolute atomic E-state index is 0.171. The normalized spacial score (nSPS) is 16.0. The Labute approximate surface area is 134 Å². The van der Waals surface area contributed by atoms with Crippen molar-refractivity contribution in [3.05, 3.63) is 34.0 Å². The molecule has 2 nitrogen and oxygen atoms in total. The molecule has 0 radical (unpaired) electrons. The first-order valence-electron chi connectivity index (χ1n) is 6.98. The van der Waals surface area contributed by atoms with Gasteiger partial charge >= 0.3 is 0 Å². The third kappa shape index (κ3) is 3.85. The summed E-state index contributed by atoms with van der Waals surface area (Å²) in [7, 11) is -1.31. The van der Waals surface area contributed by atoms with Crippen LogP contribution >= 0.6 is 22.7 Å². The van der Waals surface area contributed by atoms with Crippen LogP contribution in [0.3, 0.4) is 0 Å². The third-order valence-electron chi connectivity index (χ3n) is 2.89. The van der Waals surface area contributed by atoms with Gasteiger partial charge < -0.3 is 9.47 Å². The van der Waals surface area contributed by atoms with Crippen molar-refractivity contribution in [3.63, 3.8) is 0 Å². The van der Waals surface area contributed by atoms with Gasteiger partial charge in [-0.05, 0) is 24.3 Å². The highest BCUT2D eigenvalue weighted by Gasteiger charge is 2.20. The SMILES string of the molecule is C[Si](C)(C)C#Cc1ccc(-c2ccc(C3OCCO3)s2)s1. The highest BCUT2D eigenvalue weighted by molar-refractivity contribution is 7.22. The second kappa shape index (κ2) is 6.07. The zero-order chi connectivity index (χ0) is 14.9. The Hall–Kier alpha value is -0.903. The van der Waals surface area contributed by atoms with Crippen molar-refractivity contribution in [2.45, 2.75) is 25.9 Å². The van der Waals surface area contributed by atoms with Crippen molar-refractivity contribution in [3.8, 4) is 21.2 Å². The zero-order valence-corrected chi connectivity index (χ0v) is 15.1. The van der Waals surface area contributed by atoms with Gasteiger partial charge in [-0.2, -0.15) is 0 Å².